The predicted molar refractivity (Wildman–Crippen MR) is 113 cm³/mol. The summed E-state index contributed by atoms with van der Waals surface area (Å²) in [7, 11) is -3.58. The van der Waals surface area contributed by atoms with E-state index in [0.29, 0.717) is 31.7 Å². The van der Waals surface area contributed by atoms with Gasteiger partial charge in [-0.05, 0) is 38.1 Å². The lowest BCUT2D eigenvalue weighted by atomic mass is 10.2. The summed E-state index contributed by atoms with van der Waals surface area (Å²) < 4.78 is 29.6. The van der Waals surface area contributed by atoms with E-state index in [4.69, 9.17) is 4.98 Å². The molecule has 1 aromatic heterocycles. The largest absolute Gasteiger partial charge is 0.340 e. The molecule has 0 aliphatic carbocycles. The van der Waals surface area contributed by atoms with Gasteiger partial charge in [-0.25, -0.2) is 13.4 Å². The Morgan fingerprint density at radius 1 is 1.00 bits per heavy atom. The first-order valence-corrected chi connectivity index (χ1v) is 11.2. The van der Waals surface area contributed by atoms with Crippen molar-refractivity contribution in [2.75, 3.05) is 31.1 Å². The van der Waals surface area contributed by atoms with Crippen LogP contribution in [0, 0.1) is 0 Å². The van der Waals surface area contributed by atoms with Gasteiger partial charge in [-0.1, -0.05) is 24.3 Å². The van der Waals surface area contributed by atoms with Crippen molar-refractivity contribution < 1.29 is 13.2 Å². The van der Waals surface area contributed by atoms with Crippen LogP contribution in [0.5, 0.6) is 0 Å². The van der Waals surface area contributed by atoms with Crippen LogP contribution < -0.4 is 4.90 Å². The first-order chi connectivity index (χ1) is 13.9. The number of para-hydroxylation sites is 2. The van der Waals surface area contributed by atoms with Gasteiger partial charge in [-0.15, -0.1) is 0 Å². The maximum atomic E-state index is 13.0. The molecular formula is C21H24N4O3S. The molecule has 0 unspecified atom stereocenters. The molecule has 0 N–H and O–H groups in total. The molecule has 0 saturated carbocycles. The van der Waals surface area contributed by atoms with Crippen LogP contribution in [0.25, 0.3) is 11.0 Å². The molecule has 29 heavy (non-hydrogen) atoms. The van der Waals surface area contributed by atoms with Crippen molar-refractivity contribution in [1.29, 1.82) is 0 Å². The fourth-order valence-electron chi connectivity index (χ4n) is 3.76. The van der Waals surface area contributed by atoms with Gasteiger partial charge in [0.1, 0.15) is 0 Å². The maximum absolute atomic E-state index is 13.0. The second-order valence-corrected chi connectivity index (χ2v) is 9.05. The van der Waals surface area contributed by atoms with Crippen molar-refractivity contribution in [3.8, 4) is 0 Å². The third kappa shape index (κ3) is 3.54. The lowest BCUT2D eigenvalue weighted by molar-refractivity contribution is 0.101. The van der Waals surface area contributed by atoms with Crippen molar-refractivity contribution in [3.63, 3.8) is 0 Å². The number of piperazine rings is 1. The zero-order chi connectivity index (χ0) is 20.6. The number of ketones is 1. The summed E-state index contributed by atoms with van der Waals surface area (Å²) in [6.45, 7) is 6.29. The molecule has 8 heteroatoms. The van der Waals surface area contributed by atoms with Crippen molar-refractivity contribution in [2.45, 2.75) is 25.3 Å². The number of fused-ring (bicyclic) bond motifs is 1. The zero-order valence-corrected chi connectivity index (χ0v) is 17.4. The van der Waals surface area contributed by atoms with Gasteiger partial charge in [0.2, 0.25) is 16.0 Å². The second-order valence-electron chi connectivity index (χ2n) is 7.12. The lowest BCUT2D eigenvalue weighted by Gasteiger charge is -2.34. The Morgan fingerprint density at radius 2 is 1.66 bits per heavy atom. The number of rotatable bonds is 5. The standard InChI is InChI=1S/C21H24N4O3S/c1-3-25-20-7-5-4-6-19(20)22-21(25)23-12-14-24(15-13-23)29(27,28)18-10-8-17(9-11-18)16(2)26/h4-11H,3,12-15H2,1-2H3. The number of aryl methyl sites for hydroxylation is 1. The highest BCUT2D eigenvalue weighted by Crippen LogP contribution is 2.25. The summed E-state index contributed by atoms with van der Waals surface area (Å²) >= 11 is 0. The number of benzene rings is 2. The molecule has 0 spiro atoms. The molecule has 0 atom stereocenters. The van der Waals surface area contributed by atoms with Gasteiger partial charge in [-0.3, -0.25) is 4.79 Å². The molecule has 3 aromatic rings. The number of hydrogen-bond donors (Lipinski definition) is 0. The van der Waals surface area contributed by atoms with Crippen LogP contribution in [-0.4, -0.2) is 54.2 Å². The molecule has 0 bridgehead atoms. The van der Waals surface area contributed by atoms with E-state index in [0.717, 1.165) is 23.5 Å². The SMILES string of the molecule is CCn1c(N2CCN(S(=O)(=O)c3ccc(C(C)=O)cc3)CC2)nc2ccccc21. The fourth-order valence-corrected chi connectivity index (χ4v) is 5.18. The Kier molecular flexibility index (Phi) is 5.14. The van der Waals surface area contributed by atoms with Crippen LogP contribution in [0.1, 0.15) is 24.2 Å². The topological polar surface area (TPSA) is 75.5 Å². The monoisotopic (exact) mass is 412 g/mol. The number of nitrogens with zero attached hydrogens (tertiary/aromatic N) is 4. The van der Waals surface area contributed by atoms with E-state index in [-0.39, 0.29) is 10.7 Å². The van der Waals surface area contributed by atoms with Gasteiger partial charge in [0.05, 0.1) is 15.9 Å². The summed E-state index contributed by atoms with van der Waals surface area (Å²) in [4.78, 5) is 18.6. The number of carbonyl (C=O) groups is 1. The molecule has 1 aliphatic heterocycles. The Bertz CT molecular complexity index is 1140. The van der Waals surface area contributed by atoms with Crippen LogP contribution >= 0.6 is 0 Å². The van der Waals surface area contributed by atoms with Crippen LogP contribution in [-0.2, 0) is 16.6 Å². The van der Waals surface area contributed by atoms with Crippen LogP contribution in [0.2, 0.25) is 0 Å². The first-order valence-electron chi connectivity index (χ1n) is 9.73. The minimum absolute atomic E-state index is 0.0821. The molecule has 2 heterocycles. The molecular weight excluding hydrogens is 388 g/mol. The lowest BCUT2D eigenvalue weighted by Crippen LogP contribution is -2.49. The van der Waals surface area contributed by atoms with Gasteiger partial charge in [-0.2, -0.15) is 4.31 Å². The Morgan fingerprint density at radius 3 is 2.28 bits per heavy atom. The predicted octanol–water partition coefficient (Wildman–Crippen LogP) is 2.77. The normalized spacial score (nSPS) is 15.7. The highest BCUT2D eigenvalue weighted by atomic mass is 32.2. The summed E-state index contributed by atoms with van der Waals surface area (Å²) in [6.07, 6.45) is 0. The molecule has 2 aromatic carbocycles. The third-order valence-electron chi connectivity index (χ3n) is 5.37. The van der Waals surface area contributed by atoms with Crippen LogP contribution in [0.15, 0.2) is 53.4 Å². The van der Waals surface area contributed by atoms with Crippen molar-refractivity contribution >= 4 is 32.8 Å². The smallest absolute Gasteiger partial charge is 0.243 e. The average molecular weight is 413 g/mol. The molecule has 4 rings (SSSR count). The molecule has 0 radical (unpaired) electrons. The molecule has 152 valence electrons. The highest BCUT2D eigenvalue weighted by molar-refractivity contribution is 7.89. The van der Waals surface area contributed by atoms with Crippen molar-refractivity contribution in [3.05, 3.63) is 54.1 Å². The van der Waals surface area contributed by atoms with Gasteiger partial charge < -0.3 is 9.47 Å². The van der Waals surface area contributed by atoms with E-state index >= 15 is 0 Å². The van der Waals surface area contributed by atoms with Gasteiger partial charge >= 0.3 is 0 Å². The van der Waals surface area contributed by atoms with E-state index in [1.165, 1.54) is 23.4 Å². The molecule has 0 amide bonds. The van der Waals surface area contributed by atoms with Crippen LogP contribution in [0.4, 0.5) is 5.95 Å². The fraction of sp³-hybridized carbons (Fsp3) is 0.333. The second kappa shape index (κ2) is 7.61. The average Bonchev–Trinajstić information content (AvgIpc) is 3.12. The number of anilines is 1. The molecule has 1 fully saturated rings. The quantitative estimate of drug-likeness (QED) is 0.603. The summed E-state index contributed by atoms with van der Waals surface area (Å²) in [6, 6.07) is 14.2. The zero-order valence-electron chi connectivity index (χ0n) is 16.6. The highest BCUT2D eigenvalue weighted by Gasteiger charge is 2.30. The van der Waals surface area contributed by atoms with E-state index in [1.54, 1.807) is 12.1 Å². The van der Waals surface area contributed by atoms with E-state index in [1.807, 2.05) is 18.2 Å². The molecule has 7 nitrogen and oxygen atoms in total. The number of Topliss-reactive ketones (excluding diaryl/α,β-unsaturated/α-hetero) is 1. The van der Waals surface area contributed by atoms with E-state index < -0.39 is 10.0 Å². The minimum atomic E-state index is -3.58. The Hall–Kier alpha value is -2.71. The Balaban J connectivity index is 1.53. The number of aromatic nitrogens is 2. The summed E-state index contributed by atoms with van der Waals surface area (Å²) in [5.41, 5.74) is 2.54. The van der Waals surface area contributed by atoms with Gasteiger partial charge in [0.15, 0.2) is 5.78 Å². The third-order valence-corrected chi connectivity index (χ3v) is 7.28. The van der Waals surface area contributed by atoms with E-state index in [9.17, 15) is 13.2 Å². The van der Waals surface area contributed by atoms with Crippen molar-refractivity contribution in [1.82, 2.24) is 13.9 Å². The number of hydrogen-bond acceptors (Lipinski definition) is 5. The van der Waals surface area contributed by atoms with Crippen molar-refractivity contribution in [2.24, 2.45) is 0 Å². The first kappa shape index (κ1) is 19.6. The van der Waals surface area contributed by atoms with Gasteiger partial charge in [0, 0.05) is 38.3 Å². The number of sulfonamides is 1. The summed E-state index contributed by atoms with van der Waals surface area (Å²) in [5.74, 6) is 0.804. The maximum Gasteiger partial charge on any atom is 0.243 e. The molecule has 1 aliphatic rings. The summed E-state index contributed by atoms with van der Waals surface area (Å²) in [5, 5.41) is 0. The minimum Gasteiger partial charge on any atom is -0.340 e. The molecule has 1 saturated heterocycles. The number of carbonyl (C=O) groups excluding carboxylic acids is 1. The van der Waals surface area contributed by atoms with Crippen LogP contribution in [0.3, 0.4) is 0 Å². The number of imidazole rings is 1. The Labute approximate surface area is 170 Å². The van der Waals surface area contributed by atoms with E-state index in [2.05, 4.69) is 22.5 Å². The van der Waals surface area contributed by atoms with Gasteiger partial charge in [0.25, 0.3) is 0 Å².